The highest BCUT2D eigenvalue weighted by atomic mass is 31.1. The number of aromatic amines is 1. The summed E-state index contributed by atoms with van der Waals surface area (Å²) in [4.78, 5) is 21.4. The smallest absolute Gasteiger partial charge is 0.218 e. The summed E-state index contributed by atoms with van der Waals surface area (Å²) in [6.07, 6.45) is 3.35. The number of ether oxygens (including phenoxy) is 1. The van der Waals surface area contributed by atoms with E-state index in [-0.39, 0.29) is 6.04 Å². The molecule has 8 nitrogen and oxygen atoms in total. The van der Waals surface area contributed by atoms with Gasteiger partial charge in [0.2, 0.25) is 8.03 Å². The maximum Gasteiger partial charge on any atom is 0.218 e. The van der Waals surface area contributed by atoms with Crippen molar-refractivity contribution in [1.29, 1.82) is 0 Å². The third-order valence-electron chi connectivity index (χ3n) is 4.66. The van der Waals surface area contributed by atoms with E-state index in [9.17, 15) is 9.46 Å². The quantitative estimate of drug-likeness (QED) is 0.673. The minimum atomic E-state index is -2.92. The maximum atomic E-state index is 12.2. The van der Waals surface area contributed by atoms with Crippen molar-refractivity contribution in [3.05, 3.63) is 30.1 Å². The lowest BCUT2D eigenvalue weighted by atomic mass is 10.1. The number of aryl methyl sites for hydroxylation is 1. The van der Waals surface area contributed by atoms with Crippen molar-refractivity contribution in [2.45, 2.75) is 19.9 Å². The minimum Gasteiger partial charge on any atom is -0.377 e. The first-order chi connectivity index (χ1) is 12.6. The normalized spacial score (nSPS) is 19.0. The van der Waals surface area contributed by atoms with Gasteiger partial charge in [-0.05, 0) is 31.5 Å². The molecule has 1 aliphatic rings. The molecule has 1 aliphatic heterocycles. The van der Waals surface area contributed by atoms with Gasteiger partial charge in [0.05, 0.1) is 24.9 Å². The topological polar surface area (TPSA) is 104 Å². The van der Waals surface area contributed by atoms with Crippen LogP contribution in [0.1, 0.15) is 12.5 Å². The molecule has 136 valence electrons. The Balaban J connectivity index is 2.01. The zero-order valence-corrected chi connectivity index (χ0v) is 15.6. The molecule has 0 amide bonds. The highest BCUT2D eigenvalue weighted by Crippen LogP contribution is 2.32. The van der Waals surface area contributed by atoms with Crippen LogP contribution in [0, 0.1) is 6.92 Å². The molecule has 26 heavy (non-hydrogen) atoms. The second kappa shape index (κ2) is 6.79. The molecule has 0 saturated carbocycles. The molecule has 9 heteroatoms. The predicted molar refractivity (Wildman–Crippen MR) is 100 cm³/mol. The van der Waals surface area contributed by atoms with Crippen LogP contribution < -0.4 is 10.2 Å². The summed E-state index contributed by atoms with van der Waals surface area (Å²) in [5.74, 6) is 0.670. The van der Waals surface area contributed by atoms with Crippen LogP contribution in [0.25, 0.3) is 22.3 Å². The molecular weight excluding hydrogens is 353 g/mol. The summed E-state index contributed by atoms with van der Waals surface area (Å²) >= 11 is 0. The van der Waals surface area contributed by atoms with E-state index in [4.69, 9.17) is 9.72 Å². The third-order valence-corrected chi connectivity index (χ3v) is 5.52. The number of rotatable bonds is 3. The Morgan fingerprint density at radius 1 is 1.46 bits per heavy atom. The fourth-order valence-electron chi connectivity index (χ4n) is 3.36. The van der Waals surface area contributed by atoms with E-state index in [1.807, 2.05) is 13.0 Å². The fourth-order valence-corrected chi connectivity index (χ4v) is 4.14. The van der Waals surface area contributed by atoms with Crippen LogP contribution in [0.3, 0.4) is 0 Å². The molecule has 3 aromatic rings. The number of anilines is 1. The molecule has 2 N–H and O–H groups in total. The lowest BCUT2D eigenvalue weighted by Crippen LogP contribution is -2.44. The van der Waals surface area contributed by atoms with Crippen LogP contribution in [0.5, 0.6) is 0 Å². The molecular formula is C17H20N5O3P. The zero-order valence-electron chi connectivity index (χ0n) is 14.6. The molecule has 4 rings (SSSR count). The molecule has 0 aliphatic carbocycles. The van der Waals surface area contributed by atoms with E-state index in [1.54, 1.807) is 18.5 Å². The van der Waals surface area contributed by atoms with Gasteiger partial charge in [-0.25, -0.2) is 4.98 Å². The van der Waals surface area contributed by atoms with Crippen molar-refractivity contribution in [3.63, 3.8) is 0 Å². The summed E-state index contributed by atoms with van der Waals surface area (Å²) in [5, 5.41) is 7.98. The molecule has 4 heterocycles. The van der Waals surface area contributed by atoms with Crippen LogP contribution in [0.4, 0.5) is 5.82 Å². The number of morpholine rings is 1. The number of nitrogens with zero attached hydrogens (tertiary/aromatic N) is 4. The summed E-state index contributed by atoms with van der Waals surface area (Å²) in [6, 6.07) is 3.68. The van der Waals surface area contributed by atoms with Crippen LogP contribution in [-0.2, 0) is 9.30 Å². The van der Waals surface area contributed by atoms with Gasteiger partial charge in [-0.1, -0.05) is 0 Å². The van der Waals surface area contributed by atoms with Crippen molar-refractivity contribution in [3.8, 4) is 11.4 Å². The first-order valence-corrected chi connectivity index (χ1v) is 9.79. The molecule has 0 bridgehead atoms. The minimum absolute atomic E-state index is 0.135. The Bertz CT molecular complexity index is 976. The van der Waals surface area contributed by atoms with Gasteiger partial charge in [0.15, 0.2) is 0 Å². The summed E-state index contributed by atoms with van der Waals surface area (Å²) in [6.45, 7) is 5.82. The second-order valence-corrected chi connectivity index (χ2v) is 7.58. The van der Waals surface area contributed by atoms with Crippen LogP contribution >= 0.6 is 8.03 Å². The van der Waals surface area contributed by atoms with E-state index in [2.05, 4.69) is 27.0 Å². The number of aromatic nitrogens is 4. The highest BCUT2D eigenvalue weighted by molar-refractivity contribution is 7.48. The van der Waals surface area contributed by atoms with Crippen molar-refractivity contribution >= 4 is 30.1 Å². The van der Waals surface area contributed by atoms with Crippen LogP contribution in [0.2, 0.25) is 0 Å². The Hall–Kier alpha value is -2.28. The van der Waals surface area contributed by atoms with Gasteiger partial charge in [-0.15, -0.1) is 0 Å². The molecule has 0 radical (unpaired) electrons. The van der Waals surface area contributed by atoms with E-state index in [0.717, 1.165) is 11.3 Å². The first kappa shape index (κ1) is 17.1. The molecule has 3 aromatic heterocycles. The van der Waals surface area contributed by atoms with Gasteiger partial charge >= 0.3 is 0 Å². The summed E-state index contributed by atoms with van der Waals surface area (Å²) in [5.41, 5.74) is 2.76. The van der Waals surface area contributed by atoms with Gasteiger partial charge in [0.1, 0.15) is 17.0 Å². The van der Waals surface area contributed by atoms with Crippen molar-refractivity contribution in [2.24, 2.45) is 0 Å². The van der Waals surface area contributed by atoms with Gasteiger partial charge in [-0.2, -0.15) is 5.10 Å². The molecule has 0 aromatic carbocycles. The highest BCUT2D eigenvalue weighted by Gasteiger charge is 2.24. The SMILES string of the molecule is Cc1cnc(-c2ccn[nH]2)c2nc(N3CCOC[C@H]3C)cc([PH](=O)O)c12. The Morgan fingerprint density at radius 2 is 2.31 bits per heavy atom. The zero-order chi connectivity index (χ0) is 18.3. The van der Waals surface area contributed by atoms with Gasteiger partial charge in [0.25, 0.3) is 0 Å². The van der Waals surface area contributed by atoms with Crippen LogP contribution in [-0.4, -0.2) is 50.9 Å². The number of nitrogens with one attached hydrogen (secondary N) is 1. The Morgan fingerprint density at radius 3 is 3.00 bits per heavy atom. The summed E-state index contributed by atoms with van der Waals surface area (Å²) < 4.78 is 17.7. The van der Waals surface area contributed by atoms with Crippen molar-refractivity contribution < 1.29 is 14.2 Å². The van der Waals surface area contributed by atoms with E-state index in [1.165, 1.54) is 0 Å². The lowest BCUT2D eigenvalue weighted by molar-refractivity contribution is 0.0986. The van der Waals surface area contributed by atoms with E-state index in [0.29, 0.717) is 47.5 Å². The van der Waals surface area contributed by atoms with E-state index >= 15 is 0 Å². The summed E-state index contributed by atoms with van der Waals surface area (Å²) in [7, 11) is -2.92. The fraction of sp³-hybridized carbons (Fsp3) is 0.353. The van der Waals surface area contributed by atoms with Gasteiger partial charge < -0.3 is 14.5 Å². The standard InChI is InChI=1S/C17H20N5O3P/c1-10-8-18-16(12-3-4-19-21-12)17-15(10)13(26(23)24)7-14(20-17)22-5-6-25-9-11(22)2/h3-4,7-8,11,26H,5-6,9H2,1-2H3,(H,19,21)(H,23,24)/t11-/m1/s1. The monoisotopic (exact) mass is 373 g/mol. The maximum absolute atomic E-state index is 12.2. The number of pyridine rings is 2. The molecule has 2 atom stereocenters. The average Bonchev–Trinajstić information content (AvgIpc) is 3.16. The number of fused-ring (bicyclic) bond motifs is 1. The number of hydrogen-bond acceptors (Lipinski definition) is 6. The number of H-pyrrole nitrogens is 1. The van der Waals surface area contributed by atoms with Crippen LogP contribution in [0.15, 0.2) is 24.5 Å². The molecule has 0 spiro atoms. The van der Waals surface area contributed by atoms with E-state index < -0.39 is 8.03 Å². The van der Waals surface area contributed by atoms with Gasteiger partial charge in [-0.3, -0.25) is 14.6 Å². The van der Waals surface area contributed by atoms with Gasteiger partial charge in [0, 0.05) is 29.6 Å². The Labute approximate surface area is 151 Å². The lowest BCUT2D eigenvalue weighted by Gasteiger charge is -2.34. The van der Waals surface area contributed by atoms with Crippen molar-refractivity contribution in [2.75, 3.05) is 24.7 Å². The third kappa shape index (κ3) is 2.90. The van der Waals surface area contributed by atoms with Crippen molar-refractivity contribution in [1.82, 2.24) is 20.2 Å². The predicted octanol–water partition coefficient (Wildman–Crippen LogP) is 1.65. The largest absolute Gasteiger partial charge is 0.377 e. The molecule has 1 saturated heterocycles. The Kier molecular flexibility index (Phi) is 4.48. The molecule has 1 fully saturated rings. The first-order valence-electron chi connectivity index (χ1n) is 8.44. The average molecular weight is 373 g/mol. The molecule has 1 unspecified atom stereocenters. The number of hydrogen-bond donors (Lipinski definition) is 2. The second-order valence-electron chi connectivity index (χ2n) is 6.43.